The molecule has 2 aromatic rings. The van der Waals surface area contributed by atoms with Crippen LogP contribution in [0, 0.1) is 6.92 Å². The number of hydrogen-bond donors (Lipinski definition) is 2. The number of fused-ring (bicyclic) bond motifs is 1. The lowest BCUT2D eigenvalue weighted by Gasteiger charge is -2.12. The van der Waals surface area contributed by atoms with Gasteiger partial charge in [0.2, 0.25) is 0 Å². The lowest BCUT2D eigenvalue weighted by Crippen LogP contribution is -1.89. The fraction of sp³-hybridized carbons (Fsp3) is 0.167. The minimum absolute atomic E-state index is 0.248. The Kier molecular flexibility index (Phi) is 2.57. The number of hydrogen-bond acceptors (Lipinski definition) is 2. The molecule has 2 aromatic carbocycles. The molecule has 3 heteroatoms. The van der Waals surface area contributed by atoms with Crippen molar-refractivity contribution < 1.29 is 10.2 Å². The molecular formula is C12H11BrO2. The lowest BCUT2D eigenvalue weighted by molar-refractivity contribution is 0.462. The summed E-state index contributed by atoms with van der Waals surface area (Å²) in [6.07, 6.45) is 0. The Bertz CT molecular complexity index is 521. The minimum Gasteiger partial charge on any atom is -0.507 e. The lowest BCUT2D eigenvalue weighted by atomic mass is 10.00. The van der Waals surface area contributed by atoms with Crippen LogP contribution in [0.15, 0.2) is 24.3 Å². The topological polar surface area (TPSA) is 40.5 Å². The van der Waals surface area contributed by atoms with Crippen LogP contribution >= 0.6 is 15.9 Å². The summed E-state index contributed by atoms with van der Waals surface area (Å²) in [5.74, 6) is 0.496. The molecule has 0 aromatic heterocycles. The van der Waals surface area contributed by atoms with Gasteiger partial charge in [-0.1, -0.05) is 40.2 Å². The van der Waals surface area contributed by atoms with E-state index >= 15 is 0 Å². The zero-order valence-corrected chi connectivity index (χ0v) is 9.87. The first-order valence-corrected chi connectivity index (χ1v) is 5.77. The third-order valence-corrected chi connectivity index (χ3v) is 3.23. The first-order chi connectivity index (χ1) is 7.16. The average Bonchev–Trinajstić information content (AvgIpc) is 2.27. The molecule has 0 bridgehead atoms. The molecule has 0 amide bonds. The van der Waals surface area contributed by atoms with Crippen molar-refractivity contribution in [2.45, 2.75) is 12.3 Å². The van der Waals surface area contributed by atoms with Crippen molar-refractivity contribution in [1.82, 2.24) is 0 Å². The number of halogens is 1. The van der Waals surface area contributed by atoms with Gasteiger partial charge in [-0.25, -0.2) is 0 Å². The van der Waals surface area contributed by atoms with Crippen molar-refractivity contribution in [2.24, 2.45) is 0 Å². The van der Waals surface area contributed by atoms with Crippen LogP contribution in [0.4, 0.5) is 0 Å². The Morgan fingerprint density at radius 1 is 1.07 bits per heavy atom. The highest BCUT2D eigenvalue weighted by atomic mass is 79.9. The Morgan fingerprint density at radius 2 is 1.60 bits per heavy atom. The Labute approximate surface area is 96.3 Å². The number of benzene rings is 2. The summed E-state index contributed by atoms with van der Waals surface area (Å²) >= 11 is 3.31. The Morgan fingerprint density at radius 3 is 2.13 bits per heavy atom. The van der Waals surface area contributed by atoms with Gasteiger partial charge in [0.25, 0.3) is 0 Å². The zero-order chi connectivity index (χ0) is 11.0. The first-order valence-electron chi connectivity index (χ1n) is 4.65. The largest absolute Gasteiger partial charge is 0.507 e. The van der Waals surface area contributed by atoms with Gasteiger partial charge in [0.15, 0.2) is 0 Å². The maximum absolute atomic E-state index is 10.0. The van der Waals surface area contributed by atoms with E-state index in [-0.39, 0.29) is 11.5 Å². The van der Waals surface area contributed by atoms with Crippen molar-refractivity contribution in [3.63, 3.8) is 0 Å². The van der Waals surface area contributed by atoms with Gasteiger partial charge < -0.3 is 10.2 Å². The first kappa shape index (κ1) is 10.3. The summed E-state index contributed by atoms with van der Waals surface area (Å²) in [5, 5.41) is 21.9. The highest BCUT2D eigenvalue weighted by Crippen LogP contribution is 2.39. The van der Waals surface area contributed by atoms with E-state index in [0.717, 1.165) is 11.1 Å². The van der Waals surface area contributed by atoms with Crippen LogP contribution in [0.3, 0.4) is 0 Å². The van der Waals surface area contributed by atoms with Gasteiger partial charge in [0.05, 0.1) is 0 Å². The molecule has 0 aliphatic carbocycles. The van der Waals surface area contributed by atoms with Gasteiger partial charge in [-0.2, -0.15) is 0 Å². The van der Waals surface area contributed by atoms with Crippen LogP contribution in [0.5, 0.6) is 11.5 Å². The quantitative estimate of drug-likeness (QED) is 0.613. The van der Waals surface area contributed by atoms with Crippen molar-refractivity contribution in [1.29, 1.82) is 0 Å². The van der Waals surface area contributed by atoms with E-state index in [1.165, 1.54) is 0 Å². The van der Waals surface area contributed by atoms with Gasteiger partial charge in [0, 0.05) is 21.7 Å². The minimum atomic E-state index is 0.248. The van der Waals surface area contributed by atoms with Crippen LogP contribution in [0.2, 0.25) is 0 Å². The zero-order valence-electron chi connectivity index (χ0n) is 8.29. The second-order valence-electron chi connectivity index (χ2n) is 3.48. The fourth-order valence-electron chi connectivity index (χ4n) is 1.74. The van der Waals surface area contributed by atoms with Gasteiger partial charge in [-0.15, -0.1) is 0 Å². The molecule has 2 N–H and O–H groups in total. The van der Waals surface area contributed by atoms with Crippen molar-refractivity contribution >= 4 is 26.7 Å². The Balaban J connectivity index is 2.96. The molecule has 2 nitrogen and oxygen atoms in total. The average molecular weight is 267 g/mol. The molecule has 0 saturated heterocycles. The summed E-state index contributed by atoms with van der Waals surface area (Å²) in [4.78, 5) is 0. The molecule has 0 heterocycles. The highest BCUT2D eigenvalue weighted by molar-refractivity contribution is 9.08. The van der Waals surface area contributed by atoms with Gasteiger partial charge in [-0.05, 0) is 12.5 Å². The van der Waals surface area contributed by atoms with E-state index in [4.69, 9.17) is 0 Å². The number of rotatable bonds is 1. The molecular weight excluding hydrogens is 256 g/mol. The second-order valence-corrected chi connectivity index (χ2v) is 4.04. The predicted molar refractivity (Wildman–Crippen MR) is 64.6 cm³/mol. The summed E-state index contributed by atoms with van der Waals surface area (Å²) in [6.45, 7) is 1.80. The summed E-state index contributed by atoms with van der Waals surface area (Å²) in [7, 11) is 0. The molecule has 2 rings (SSSR count). The summed E-state index contributed by atoms with van der Waals surface area (Å²) < 4.78 is 0. The molecule has 0 fully saturated rings. The van der Waals surface area contributed by atoms with Gasteiger partial charge >= 0.3 is 0 Å². The van der Waals surface area contributed by atoms with E-state index in [1.807, 2.05) is 12.1 Å². The molecule has 15 heavy (non-hydrogen) atoms. The smallest absolute Gasteiger partial charge is 0.127 e. The number of phenolic OH excluding ortho intramolecular Hbond substituents is 2. The van der Waals surface area contributed by atoms with Gasteiger partial charge in [-0.3, -0.25) is 0 Å². The molecule has 0 aliphatic rings. The van der Waals surface area contributed by atoms with Gasteiger partial charge in [0.1, 0.15) is 11.5 Å². The summed E-state index contributed by atoms with van der Waals surface area (Å²) in [5.41, 5.74) is 1.47. The standard InChI is InChI=1S/C12H11BrO2/c1-7-10(6-13)12(15)9-5-3-2-4-8(9)11(7)14/h2-5,14-15H,6H2,1H3. The molecule has 0 radical (unpaired) electrons. The van der Waals surface area contributed by atoms with Crippen LogP contribution in [-0.4, -0.2) is 10.2 Å². The van der Waals surface area contributed by atoms with Crippen LogP contribution < -0.4 is 0 Å². The van der Waals surface area contributed by atoms with Crippen LogP contribution in [-0.2, 0) is 5.33 Å². The second kappa shape index (κ2) is 3.74. The Hall–Kier alpha value is -1.22. The van der Waals surface area contributed by atoms with E-state index in [1.54, 1.807) is 19.1 Å². The van der Waals surface area contributed by atoms with E-state index in [0.29, 0.717) is 16.1 Å². The third kappa shape index (κ3) is 1.47. The number of aromatic hydroxyl groups is 2. The molecule has 0 unspecified atom stereocenters. The normalized spacial score (nSPS) is 10.8. The van der Waals surface area contributed by atoms with E-state index in [9.17, 15) is 10.2 Å². The molecule has 0 aliphatic heterocycles. The monoisotopic (exact) mass is 266 g/mol. The number of phenols is 2. The molecule has 78 valence electrons. The molecule has 0 saturated carbocycles. The van der Waals surface area contributed by atoms with E-state index in [2.05, 4.69) is 15.9 Å². The SMILES string of the molecule is Cc1c(CBr)c(O)c2ccccc2c1O. The highest BCUT2D eigenvalue weighted by Gasteiger charge is 2.14. The maximum Gasteiger partial charge on any atom is 0.127 e. The van der Waals surface area contributed by atoms with Crippen molar-refractivity contribution in [3.8, 4) is 11.5 Å². The van der Waals surface area contributed by atoms with E-state index < -0.39 is 0 Å². The van der Waals surface area contributed by atoms with Crippen LogP contribution in [0.1, 0.15) is 11.1 Å². The van der Waals surface area contributed by atoms with Crippen molar-refractivity contribution in [2.75, 3.05) is 0 Å². The fourth-order valence-corrected chi connectivity index (χ4v) is 2.43. The molecule has 0 spiro atoms. The number of alkyl halides is 1. The summed E-state index contributed by atoms with van der Waals surface area (Å²) in [6, 6.07) is 7.29. The predicted octanol–water partition coefficient (Wildman–Crippen LogP) is 3.45. The third-order valence-electron chi connectivity index (χ3n) is 2.66. The van der Waals surface area contributed by atoms with Crippen LogP contribution in [0.25, 0.3) is 10.8 Å². The molecule has 0 atom stereocenters. The van der Waals surface area contributed by atoms with Crippen molar-refractivity contribution in [3.05, 3.63) is 35.4 Å². The maximum atomic E-state index is 10.0.